The number of halogens is 1. The van der Waals surface area contributed by atoms with Gasteiger partial charge in [-0.1, -0.05) is 15.9 Å². The van der Waals surface area contributed by atoms with Crippen molar-refractivity contribution in [2.24, 2.45) is 0 Å². The molecule has 1 N–H and O–H groups in total. The minimum Gasteiger partial charge on any atom is -0.383 e. The van der Waals surface area contributed by atoms with E-state index in [0.717, 1.165) is 43.9 Å². The second-order valence-corrected chi connectivity index (χ2v) is 5.71. The zero-order valence-corrected chi connectivity index (χ0v) is 12.7. The van der Waals surface area contributed by atoms with E-state index < -0.39 is 0 Å². The van der Waals surface area contributed by atoms with E-state index in [1.165, 1.54) is 16.8 Å². The van der Waals surface area contributed by atoms with E-state index in [0.29, 0.717) is 0 Å². The molecule has 1 saturated heterocycles. The third-order valence-corrected chi connectivity index (χ3v) is 3.79. The molecule has 2 rings (SSSR count). The normalized spacial score (nSPS) is 16.8. The van der Waals surface area contributed by atoms with Gasteiger partial charge < -0.3 is 10.1 Å². The van der Waals surface area contributed by atoms with Crippen molar-refractivity contribution in [2.75, 3.05) is 44.7 Å². The Morgan fingerprint density at radius 1 is 1.22 bits per heavy atom. The van der Waals surface area contributed by atoms with E-state index in [9.17, 15) is 0 Å². The summed E-state index contributed by atoms with van der Waals surface area (Å²) in [6.45, 7) is 10.2. The predicted octanol–water partition coefficient (Wildman–Crippen LogP) is 2.81. The monoisotopic (exact) mass is 312 g/mol. The summed E-state index contributed by atoms with van der Waals surface area (Å²) in [5.74, 6) is 0. The maximum absolute atomic E-state index is 5.35. The molecule has 100 valence electrons. The molecule has 1 aromatic rings. The van der Waals surface area contributed by atoms with E-state index in [2.05, 4.69) is 52.1 Å². The molecule has 0 aromatic heterocycles. The number of morpholine rings is 1. The van der Waals surface area contributed by atoms with Crippen molar-refractivity contribution in [3.05, 3.63) is 27.7 Å². The first-order valence-electron chi connectivity index (χ1n) is 6.47. The molecule has 0 saturated carbocycles. The maximum atomic E-state index is 5.35. The Kier molecular flexibility index (Phi) is 5.03. The summed E-state index contributed by atoms with van der Waals surface area (Å²) < 4.78 is 6.50. The van der Waals surface area contributed by atoms with Crippen LogP contribution in [0.25, 0.3) is 0 Å². The second kappa shape index (κ2) is 6.55. The number of ether oxygens (including phenoxy) is 1. The number of hydrogen-bond donors (Lipinski definition) is 1. The van der Waals surface area contributed by atoms with Gasteiger partial charge >= 0.3 is 0 Å². The van der Waals surface area contributed by atoms with Gasteiger partial charge in [-0.2, -0.15) is 0 Å². The number of rotatable bonds is 4. The number of hydrogen-bond acceptors (Lipinski definition) is 3. The van der Waals surface area contributed by atoms with Crippen LogP contribution in [0, 0.1) is 13.8 Å². The first-order chi connectivity index (χ1) is 8.66. The summed E-state index contributed by atoms with van der Waals surface area (Å²) in [5, 5.41) is 3.55. The summed E-state index contributed by atoms with van der Waals surface area (Å²) in [7, 11) is 0. The standard InChI is InChI=1S/C14H21BrN2O/c1-11-9-13(15)10-12(2)14(11)16-3-4-17-5-7-18-8-6-17/h9-10,16H,3-8H2,1-2H3. The Hall–Kier alpha value is -0.580. The molecule has 1 fully saturated rings. The van der Waals surface area contributed by atoms with Crippen molar-refractivity contribution >= 4 is 21.6 Å². The fraction of sp³-hybridized carbons (Fsp3) is 0.571. The van der Waals surface area contributed by atoms with Gasteiger partial charge in [0.05, 0.1) is 13.2 Å². The van der Waals surface area contributed by atoms with Gasteiger partial charge in [0.25, 0.3) is 0 Å². The molecule has 1 aromatic carbocycles. The largest absolute Gasteiger partial charge is 0.383 e. The summed E-state index contributed by atoms with van der Waals surface area (Å²) in [5.41, 5.74) is 3.86. The Bertz CT molecular complexity index is 380. The molecule has 4 heteroatoms. The third kappa shape index (κ3) is 3.70. The molecule has 0 atom stereocenters. The van der Waals surface area contributed by atoms with Crippen LogP contribution in [-0.2, 0) is 4.74 Å². The molecular weight excluding hydrogens is 292 g/mol. The van der Waals surface area contributed by atoms with E-state index in [1.54, 1.807) is 0 Å². The van der Waals surface area contributed by atoms with Gasteiger partial charge in [-0.15, -0.1) is 0 Å². The van der Waals surface area contributed by atoms with Crippen molar-refractivity contribution in [3.8, 4) is 0 Å². The number of nitrogens with one attached hydrogen (secondary N) is 1. The molecular formula is C14H21BrN2O. The van der Waals surface area contributed by atoms with Crippen molar-refractivity contribution in [1.29, 1.82) is 0 Å². The Balaban J connectivity index is 1.86. The van der Waals surface area contributed by atoms with Gasteiger partial charge in [0.2, 0.25) is 0 Å². The maximum Gasteiger partial charge on any atom is 0.0594 e. The lowest BCUT2D eigenvalue weighted by Crippen LogP contribution is -2.39. The first-order valence-corrected chi connectivity index (χ1v) is 7.27. The topological polar surface area (TPSA) is 24.5 Å². The van der Waals surface area contributed by atoms with E-state index in [1.807, 2.05) is 0 Å². The van der Waals surface area contributed by atoms with Crippen molar-refractivity contribution in [1.82, 2.24) is 4.90 Å². The molecule has 0 aliphatic carbocycles. The van der Waals surface area contributed by atoms with Gasteiger partial charge in [-0.05, 0) is 37.1 Å². The lowest BCUT2D eigenvalue weighted by atomic mass is 10.1. The quantitative estimate of drug-likeness (QED) is 0.925. The van der Waals surface area contributed by atoms with Crippen molar-refractivity contribution in [2.45, 2.75) is 13.8 Å². The highest BCUT2D eigenvalue weighted by Crippen LogP contribution is 2.24. The predicted molar refractivity (Wildman–Crippen MR) is 79.4 cm³/mol. The fourth-order valence-corrected chi connectivity index (χ4v) is 3.04. The highest BCUT2D eigenvalue weighted by atomic mass is 79.9. The van der Waals surface area contributed by atoms with Crippen LogP contribution in [0.4, 0.5) is 5.69 Å². The number of anilines is 1. The van der Waals surface area contributed by atoms with Crippen LogP contribution in [0.3, 0.4) is 0 Å². The molecule has 0 unspecified atom stereocenters. The molecule has 1 aliphatic heterocycles. The Morgan fingerprint density at radius 3 is 2.44 bits per heavy atom. The molecule has 0 spiro atoms. The van der Waals surface area contributed by atoms with Gasteiger partial charge in [0.1, 0.15) is 0 Å². The molecule has 0 radical (unpaired) electrons. The van der Waals surface area contributed by atoms with Gasteiger partial charge in [-0.25, -0.2) is 0 Å². The van der Waals surface area contributed by atoms with Crippen LogP contribution in [0.15, 0.2) is 16.6 Å². The van der Waals surface area contributed by atoms with Gasteiger partial charge in [0, 0.05) is 36.3 Å². The lowest BCUT2D eigenvalue weighted by molar-refractivity contribution is 0.0398. The average Bonchev–Trinajstić information content (AvgIpc) is 2.34. The Labute approximate surface area is 118 Å². The Morgan fingerprint density at radius 2 is 1.83 bits per heavy atom. The van der Waals surface area contributed by atoms with E-state index in [-0.39, 0.29) is 0 Å². The average molecular weight is 313 g/mol. The van der Waals surface area contributed by atoms with Crippen LogP contribution in [0.2, 0.25) is 0 Å². The van der Waals surface area contributed by atoms with Crippen molar-refractivity contribution in [3.63, 3.8) is 0 Å². The van der Waals surface area contributed by atoms with Crippen LogP contribution < -0.4 is 5.32 Å². The number of nitrogens with zero attached hydrogens (tertiary/aromatic N) is 1. The molecule has 18 heavy (non-hydrogen) atoms. The van der Waals surface area contributed by atoms with Crippen LogP contribution in [0.5, 0.6) is 0 Å². The summed E-state index contributed by atoms with van der Waals surface area (Å²) in [6, 6.07) is 4.31. The van der Waals surface area contributed by atoms with Crippen LogP contribution >= 0.6 is 15.9 Å². The number of benzene rings is 1. The van der Waals surface area contributed by atoms with Crippen molar-refractivity contribution < 1.29 is 4.74 Å². The smallest absolute Gasteiger partial charge is 0.0594 e. The molecule has 0 amide bonds. The van der Waals surface area contributed by atoms with Crippen LogP contribution in [0.1, 0.15) is 11.1 Å². The minimum atomic E-state index is 0.871. The van der Waals surface area contributed by atoms with E-state index in [4.69, 9.17) is 4.74 Å². The van der Waals surface area contributed by atoms with Gasteiger partial charge in [-0.3, -0.25) is 4.90 Å². The van der Waals surface area contributed by atoms with Crippen LogP contribution in [-0.4, -0.2) is 44.3 Å². The zero-order valence-electron chi connectivity index (χ0n) is 11.1. The summed E-state index contributed by atoms with van der Waals surface area (Å²) in [4.78, 5) is 2.44. The summed E-state index contributed by atoms with van der Waals surface area (Å²) >= 11 is 3.53. The molecule has 1 heterocycles. The highest BCUT2D eigenvalue weighted by Gasteiger charge is 2.10. The third-order valence-electron chi connectivity index (χ3n) is 3.33. The molecule has 3 nitrogen and oxygen atoms in total. The number of aryl methyl sites for hydroxylation is 2. The molecule has 0 bridgehead atoms. The molecule has 1 aliphatic rings. The summed E-state index contributed by atoms with van der Waals surface area (Å²) in [6.07, 6.45) is 0. The zero-order chi connectivity index (χ0) is 13.0. The minimum absolute atomic E-state index is 0.871. The van der Waals surface area contributed by atoms with E-state index >= 15 is 0 Å². The SMILES string of the molecule is Cc1cc(Br)cc(C)c1NCCN1CCOCC1. The lowest BCUT2D eigenvalue weighted by Gasteiger charge is -2.27. The fourth-order valence-electron chi connectivity index (χ4n) is 2.35. The first kappa shape index (κ1) is 13.8. The second-order valence-electron chi connectivity index (χ2n) is 4.80. The van der Waals surface area contributed by atoms with Gasteiger partial charge in [0.15, 0.2) is 0 Å². The highest BCUT2D eigenvalue weighted by molar-refractivity contribution is 9.10.